The first-order chi connectivity index (χ1) is 8.38. The smallest absolute Gasteiger partial charge is 0.0234 e. The number of hydrogen-bond donors (Lipinski definition) is 1. The Morgan fingerprint density at radius 1 is 1.24 bits per heavy atom. The molecule has 2 nitrogen and oxygen atoms in total. The summed E-state index contributed by atoms with van der Waals surface area (Å²) in [5, 5.41) is 3.66. The van der Waals surface area contributed by atoms with Gasteiger partial charge in [-0.05, 0) is 18.4 Å². The zero-order chi connectivity index (χ0) is 11.9. The Morgan fingerprint density at radius 3 is 2.82 bits per heavy atom. The molecule has 1 fully saturated rings. The molecule has 1 aliphatic heterocycles. The quantitative estimate of drug-likeness (QED) is 0.858. The Labute approximate surface area is 105 Å². The number of benzene rings is 1. The molecule has 1 aromatic rings. The van der Waals surface area contributed by atoms with Crippen LogP contribution in [0.1, 0.15) is 31.7 Å². The zero-order valence-corrected chi connectivity index (χ0v) is 10.9. The summed E-state index contributed by atoms with van der Waals surface area (Å²) in [6.45, 7) is 6.91. The second-order valence-electron chi connectivity index (χ2n) is 4.99. The molecule has 0 spiro atoms. The summed E-state index contributed by atoms with van der Waals surface area (Å²) in [6, 6.07) is 11.5. The van der Waals surface area contributed by atoms with Crippen molar-refractivity contribution in [2.24, 2.45) is 0 Å². The average Bonchev–Trinajstić information content (AvgIpc) is 2.57. The van der Waals surface area contributed by atoms with E-state index in [1.807, 2.05) is 0 Å². The molecule has 0 amide bonds. The van der Waals surface area contributed by atoms with Crippen molar-refractivity contribution in [1.82, 2.24) is 10.2 Å². The van der Waals surface area contributed by atoms with Crippen LogP contribution in [0.25, 0.3) is 0 Å². The minimum Gasteiger partial charge on any atom is -0.313 e. The van der Waals surface area contributed by atoms with E-state index in [0.29, 0.717) is 0 Å². The molecule has 1 atom stereocenters. The van der Waals surface area contributed by atoms with E-state index in [4.69, 9.17) is 0 Å². The van der Waals surface area contributed by atoms with Crippen LogP contribution in [-0.2, 0) is 6.54 Å². The maximum atomic E-state index is 3.66. The van der Waals surface area contributed by atoms with Gasteiger partial charge in [-0.15, -0.1) is 0 Å². The monoisotopic (exact) mass is 232 g/mol. The summed E-state index contributed by atoms with van der Waals surface area (Å²) < 4.78 is 0. The van der Waals surface area contributed by atoms with Gasteiger partial charge in [-0.1, -0.05) is 43.7 Å². The van der Waals surface area contributed by atoms with Gasteiger partial charge in [0.05, 0.1) is 0 Å². The van der Waals surface area contributed by atoms with Gasteiger partial charge in [0.25, 0.3) is 0 Å². The van der Waals surface area contributed by atoms with Crippen LogP contribution >= 0.6 is 0 Å². The van der Waals surface area contributed by atoms with Crippen molar-refractivity contribution in [3.63, 3.8) is 0 Å². The van der Waals surface area contributed by atoms with Crippen LogP contribution in [0.3, 0.4) is 0 Å². The van der Waals surface area contributed by atoms with E-state index in [2.05, 4.69) is 47.5 Å². The van der Waals surface area contributed by atoms with Crippen molar-refractivity contribution in [1.29, 1.82) is 0 Å². The van der Waals surface area contributed by atoms with Gasteiger partial charge in [0, 0.05) is 32.2 Å². The fraction of sp³-hybridized carbons (Fsp3) is 0.600. The Balaban J connectivity index is 1.83. The van der Waals surface area contributed by atoms with Crippen molar-refractivity contribution >= 4 is 0 Å². The van der Waals surface area contributed by atoms with Gasteiger partial charge < -0.3 is 5.32 Å². The molecular weight excluding hydrogens is 208 g/mol. The van der Waals surface area contributed by atoms with E-state index >= 15 is 0 Å². The van der Waals surface area contributed by atoms with Crippen molar-refractivity contribution in [2.45, 2.75) is 38.8 Å². The third kappa shape index (κ3) is 4.14. The second-order valence-corrected chi connectivity index (χ2v) is 4.99. The summed E-state index contributed by atoms with van der Waals surface area (Å²) in [5.41, 5.74) is 1.43. The molecule has 17 heavy (non-hydrogen) atoms. The summed E-state index contributed by atoms with van der Waals surface area (Å²) in [7, 11) is 0. The third-order valence-corrected chi connectivity index (χ3v) is 3.54. The molecule has 1 unspecified atom stereocenters. The van der Waals surface area contributed by atoms with Crippen molar-refractivity contribution in [3.8, 4) is 0 Å². The standard InChI is InChI=1S/C15H24N2/c1-2-6-15-9-11-17(12-10-16-15)13-14-7-4-3-5-8-14/h3-5,7-8,15-16H,2,6,9-13H2,1H3. The molecule has 1 aromatic carbocycles. The SMILES string of the molecule is CCCC1CCN(Cc2ccccc2)CCN1. The third-order valence-electron chi connectivity index (χ3n) is 3.54. The Kier molecular flexibility index (Phi) is 5.02. The van der Waals surface area contributed by atoms with Crippen LogP contribution in [0, 0.1) is 0 Å². The average molecular weight is 232 g/mol. The Hall–Kier alpha value is -0.860. The summed E-state index contributed by atoms with van der Waals surface area (Å²) in [4.78, 5) is 2.57. The van der Waals surface area contributed by atoms with E-state index in [0.717, 1.165) is 19.1 Å². The molecule has 0 bridgehead atoms. The van der Waals surface area contributed by atoms with Gasteiger partial charge in [-0.3, -0.25) is 4.90 Å². The highest BCUT2D eigenvalue weighted by atomic mass is 15.2. The van der Waals surface area contributed by atoms with Crippen LogP contribution in [0.2, 0.25) is 0 Å². The van der Waals surface area contributed by atoms with Crippen molar-refractivity contribution in [2.75, 3.05) is 19.6 Å². The molecule has 1 saturated heterocycles. The maximum absolute atomic E-state index is 3.66. The molecule has 2 heteroatoms. The van der Waals surface area contributed by atoms with Crippen molar-refractivity contribution in [3.05, 3.63) is 35.9 Å². The lowest BCUT2D eigenvalue weighted by molar-refractivity contribution is 0.281. The molecule has 0 radical (unpaired) electrons. The highest BCUT2D eigenvalue weighted by Crippen LogP contribution is 2.10. The summed E-state index contributed by atoms with van der Waals surface area (Å²) in [6.07, 6.45) is 3.90. The molecule has 0 aromatic heterocycles. The first-order valence-electron chi connectivity index (χ1n) is 6.88. The molecular formula is C15H24N2. The molecule has 2 rings (SSSR count). The lowest BCUT2D eigenvalue weighted by Gasteiger charge is -2.19. The highest BCUT2D eigenvalue weighted by Gasteiger charge is 2.15. The van der Waals surface area contributed by atoms with Gasteiger partial charge in [-0.2, -0.15) is 0 Å². The predicted molar refractivity (Wildman–Crippen MR) is 73.0 cm³/mol. The van der Waals surface area contributed by atoms with Gasteiger partial charge >= 0.3 is 0 Å². The molecule has 1 N–H and O–H groups in total. The Bertz CT molecular complexity index is 310. The lowest BCUT2D eigenvalue weighted by atomic mass is 10.1. The largest absolute Gasteiger partial charge is 0.313 e. The number of rotatable bonds is 4. The second kappa shape index (κ2) is 6.77. The van der Waals surface area contributed by atoms with Crippen LogP contribution in [-0.4, -0.2) is 30.6 Å². The summed E-state index contributed by atoms with van der Waals surface area (Å²) in [5.74, 6) is 0. The van der Waals surface area contributed by atoms with Crippen LogP contribution in [0.5, 0.6) is 0 Å². The lowest BCUT2D eigenvalue weighted by Crippen LogP contribution is -2.30. The van der Waals surface area contributed by atoms with E-state index < -0.39 is 0 Å². The minimum atomic E-state index is 0.737. The van der Waals surface area contributed by atoms with Crippen LogP contribution in [0.4, 0.5) is 0 Å². The predicted octanol–water partition coefficient (Wildman–Crippen LogP) is 2.65. The number of hydrogen-bond acceptors (Lipinski definition) is 2. The molecule has 94 valence electrons. The zero-order valence-electron chi connectivity index (χ0n) is 10.9. The molecule has 0 aliphatic carbocycles. The fourth-order valence-corrected chi connectivity index (χ4v) is 2.57. The van der Waals surface area contributed by atoms with E-state index in [-0.39, 0.29) is 0 Å². The molecule has 0 saturated carbocycles. The summed E-state index contributed by atoms with van der Waals surface area (Å²) >= 11 is 0. The normalized spacial score (nSPS) is 22.3. The Morgan fingerprint density at radius 2 is 2.06 bits per heavy atom. The van der Waals surface area contributed by atoms with E-state index in [9.17, 15) is 0 Å². The van der Waals surface area contributed by atoms with Gasteiger partial charge in [0.2, 0.25) is 0 Å². The molecule has 1 aliphatic rings. The van der Waals surface area contributed by atoms with Gasteiger partial charge in [-0.25, -0.2) is 0 Å². The maximum Gasteiger partial charge on any atom is 0.0234 e. The van der Waals surface area contributed by atoms with Gasteiger partial charge in [0.1, 0.15) is 0 Å². The van der Waals surface area contributed by atoms with Crippen LogP contribution < -0.4 is 5.32 Å². The molecule has 1 heterocycles. The van der Waals surface area contributed by atoms with Gasteiger partial charge in [0.15, 0.2) is 0 Å². The number of nitrogens with one attached hydrogen (secondary N) is 1. The topological polar surface area (TPSA) is 15.3 Å². The number of nitrogens with zero attached hydrogens (tertiary/aromatic N) is 1. The van der Waals surface area contributed by atoms with E-state index in [1.165, 1.54) is 37.9 Å². The minimum absolute atomic E-state index is 0.737. The fourth-order valence-electron chi connectivity index (χ4n) is 2.57. The van der Waals surface area contributed by atoms with Crippen LogP contribution in [0.15, 0.2) is 30.3 Å². The van der Waals surface area contributed by atoms with Crippen molar-refractivity contribution < 1.29 is 0 Å². The highest BCUT2D eigenvalue weighted by molar-refractivity contribution is 5.14. The van der Waals surface area contributed by atoms with E-state index in [1.54, 1.807) is 0 Å². The first-order valence-corrected chi connectivity index (χ1v) is 6.88. The first kappa shape index (κ1) is 12.6.